The molecule has 0 aromatic heterocycles. The number of piperidine rings is 1. The van der Waals surface area contributed by atoms with Crippen molar-refractivity contribution < 1.29 is 5.11 Å². The Kier molecular flexibility index (Phi) is 5.07. The monoisotopic (exact) mass is 423 g/mol. The van der Waals surface area contributed by atoms with Crippen LogP contribution in [0.2, 0.25) is 0 Å². The molecular formula is C30H33NO. The number of phenolic OH excluding ortho intramolecular Hbond substituents is 1. The second-order valence-electron chi connectivity index (χ2n) is 10.2. The zero-order valence-corrected chi connectivity index (χ0v) is 18.8. The molecule has 0 unspecified atom stereocenters. The predicted octanol–water partition coefficient (Wildman–Crippen LogP) is 6.36. The molecule has 32 heavy (non-hydrogen) atoms. The number of benzene rings is 3. The summed E-state index contributed by atoms with van der Waals surface area (Å²) < 4.78 is 0. The minimum Gasteiger partial charge on any atom is -0.508 e. The summed E-state index contributed by atoms with van der Waals surface area (Å²) in [6, 6.07) is 26.7. The van der Waals surface area contributed by atoms with Gasteiger partial charge in [0.25, 0.3) is 0 Å². The lowest BCUT2D eigenvalue weighted by Gasteiger charge is -2.59. The highest BCUT2D eigenvalue weighted by Crippen LogP contribution is 2.56. The summed E-state index contributed by atoms with van der Waals surface area (Å²) in [6.07, 6.45) is 8.87. The van der Waals surface area contributed by atoms with Gasteiger partial charge >= 0.3 is 0 Å². The first-order chi connectivity index (χ1) is 15.7. The molecule has 2 aliphatic carbocycles. The van der Waals surface area contributed by atoms with Gasteiger partial charge in [-0.1, -0.05) is 73.5 Å². The van der Waals surface area contributed by atoms with E-state index in [0.29, 0.717) is 17.2 Å². The van der Waals surface area contributed by atoms with Gasteiger partial charge in [-0.05, 0) is 84.5 Å². The second-order valence-corrected chi connectivity index (χ2v) is 10.2. The normalized spacial score (nSPS) is 26.9. The maximum atomic E-state index is 10.2. The van der Waals surface area contributed by atoms with Crippen LogP contribution in [-0.2, 0) is 18.3 Å². The molecule has 3 aliphatic rings. The highest BCUT2D eigenvalue weighted by Gasteiger charge is 2.53. The fraction of sp³-hybridized carbons (Fsp3) is 0.400. The van der Waals surface area contributed by atoms with Crippen molar-refractivity contribution in [2.24, 2.45) is 5.92 Å². The third-order valence-corrected chi connectivity index (χ3v) is 8.68. The summed E-state index contributed by atoms with van der Waals surface area (Å²) in [5.74, 6) is 1.20. The Labute approximate surface area is 191 Å². The van der Waals surface area contributed by atoms with Gasteiger partial charge in [-0.15, -0.1) is 0 Å². The summed E-state index contributed by atoms with van der Waals surface area (Å²) in [4.78, 5) is 2.80. The van der Waals surface area contributed by atoms with Gasteiger partial charge in [0.1, 0.15) is 5.75 Å². The molecule has 1 aliphatic heterocycles. The summed E-state index contributed by atoms with van der Waals surface area (Å²) in [7, 11) is 0. The van der Waals surface area contributed by atoms with Crippen LogP contribution in [0.5, 0.6) is 5.75 Å². The second kappa shape index (κ2) is 8.08. The van der Waals surface area contributed by atoms with Crippen LogP contribution in [-0.4, -0.2) is 29.1 Å². The average Bonchev–Trinajstić information content (AvgIpc) is 2.85. The van der Waals surface area contributed by atoms with E-state index in [1.807, 2.05) is 6.07 Å². The topological polar surface area (TPSA) is 23.5 Å². The smallest absolute Gasteiger partial charge is 0.115 e. The first-order valence-electron chi connectivity index (χ1n) is 12.4. The van der Waals surface area contributed by atoms with Crippen LogP contribution in [0, 0.1) is 5.92 Å². The quantitative estimate of drug-likeness (QED) is 0.528. The van der Waals surface area contributed by atoms with Gasteiger partial charge in [0.15, 0.2) is 0 Å². The number of nitrogens with zero attached hydrogens (tertiary/aromatic N) is 1. The molecule has 164 valence electrons. The molecule has 0 spiro atoms. The fourth-order valence-corrected chi connectivity index (χ4v) is 7.12. The van der Waals surface area contributed by atoms with E-state index in [4.69, 9.17) is 0 Å². The first-order valence-corrected chi connectivity index (χ1v) is 12.4. The van der Waals surface area contributed by atoms with Gasteiger partial charge < -0.3 is 5.11 Å². The van der Waals surface area contributed by atoms with Crippen molar-refractivity contribution in [1.82, 2.24) is 4.90 Å². The Morgan fingerprint density at radius 2 is 1.69 bits per heavy atom. The van der Waals surface area contributed by atoms with Crippen LogP contribution in [0.4, 0.5) is 0 Å². The minimum atomic E-state index is 0.309. The molecule has 6 rings (SSSR count). The summed E-state index contributed by atoms with van der Waals surface area (Å²) in [5.41, 5.74) is 7.30. The van der Waals surface area contributed by atoms with E-state index in [9.17, 15) is 5.11 Å². The molecule has 1 N–H and O–H groups in total. The number of hydrogen-bond acceptors (Lipinski definition) is 2. The molecule has 0 radical (unpaired) electrons. The van der Waals surface area contributed by atoms with Gasteiger partial charge in [-0.2, -0.15) is 0 Å². The molecule has 2 heteroatoms. The summed E-state index contributed by atoms with van der Waals surface area (Å²) >= 11 is 0. The highest BCUT2D eigenvalue weighted by molar-refractivity contribution is 5.63. The van der Waals surface area contributed by atoms with Gasteiger partial charge in [-0.3, -0.25) is 4.90 Å². The minimum absolute atomic E-state index is 0.309. The standard InChI is InChI=1S/C30H33NO/c32-26-14-13-25-20-29-27-8-4-5-16-30(27,28(25)21-26)17-19-31(29)18-15-22-9-11-24(12-10-22)23-6-2-1-3-7-23/h1-3,6-7,9-14,21,27,29,32H,4-5,8,15-20H2/t27-,29-,30+/m0/s1. The Balaban J connectivity index is 1.21. The lowest BCUT2D eigenvalue weighted by molar-refractivity contribution is -0.0106. The van der Waals surface area contributed by atoms with Crippen molar-refractivity contribution in [3.05, 3.63) is 89.5 Å². The van der Waals surface area contributed by atoms with E-state index in [1.165, 1.54) is 66.5 Å². The SMILES string of the molecule is Oc1ccc2c(c1)[C@@]13CCCC[C@H]1[C@H](C2)N(CCc1ccc(-c2ccccc2)cc1)CC3. The van der Waals surface area contributed by atoms with Crippen LogP contribution < -0.4 is 0 Å². The van der Waals surface area contributed by atoms with E-state index in [0.717, 1.165) is 25.3 Å². The van der Waals surface area contributed by atoms with Crippen LogP contribution in [0.25, 0.3) is 11.1 Å². The molecule has 1 saturated heterocycles. The molecular weight excluding hydrogens is 390 g/mol. The van der Waals surface area contributed by atoms with Crippen LogP contribution in [0.3, 0.4) is 0 Å². The number of rotatable bonds is 4. The number of fused-ring (bicyclic) bond motifs is 1. The third-order valence-electron chi connectivity index (χ3n) is 8.68. The number of phenols is 1. The average molecular weight is 424 g/mol. The lowest BCUT2D eigenvalue weighted by Crippen LogP contribution is -2.61. The van der Waals surface area contributed by atoms with Crippen molar-refractivity contribution >= 4 is 0 Å². The molecule has 2 bridgehead atoms. The Hall–Kier alpha value is -2.58. The molecule has 1 saturated carbocycles. The van der Waals surface area contributed by atoms with Crippen molar-refractivity contribution in [2.45, 2.75) is 56.4 Å². The third kappa shape index (κ3) is 3.36. The van der Waals surface area contributed by atoms with Gasteiger partial charge in [0.05, 0.1) is 0 Å². The molecule has 2 fully saturated rings. The van der Waals surface area contributed by atoms with Gasteiger partial charge in [-0.25, -0.2) is 0 Å². The van der Waals surface area contributed by atoms with Gasteiger partial charge in [0.2, 0.25) is 0 Å². The fourth-order valence-electron chi connectivity index (χ4n) is 7.12. The Morgan fingerprint density at radius 1 is 0.875 bits per heavy atom. The summed E-state index contributed by atoms with van der Waals surface area (Å²) in [5, 5.41) is 10.2. The Morgan fingerprint density at radius 3 is 2.53 bits per heavy atom. The maximum absolute atomic E-state index is 10.2. The van der Waals surface area contributed by atoms with Crippen LogP contribution >= 0.6 is 0 Å². The molecule has 3 aromatic rings. The zero-order valence-electron chi connectivity index (χ0n) is 18.8. The van der Waals surface area contributed by atoms with Crippen molar-refractivity contribution in [3.63, 3.8) is 0 Å². The van der Waals surface area contributed by atoms with Crippen LogP contribution in [0.1, 0.15) is 48.8 Å². The number of aromatic hydroxyl groups is 1. The first kappa shape index (κ1) is 20.1. The largest absolute Gasteiger partial charge is 0.508 e. The Bertz CT molecular complexity index is 1090. The van der Waals surface area contributed by atoms with E-state index < -0.39 is 0 Å². The molecule has 1 heterocycles. The zero-order chi connectivity index (χ0) is 21.5. The maximum Gasteiger partial charge on any atom is 0.115 e. The predicted molar refractivity (Wildman–Crippen MR) is 131 cm³/mol. The number of hydrogen-bond donors (Lipinski definition) is 1. The van der Waals surface area contributed by atoms with Crippen molar-refractivity contribution in [3.8, 4) is 16.9 Å². The van der Waals surface area contributed by atoms with E-state index in [2.05, 4.69) is 71.6 Å². The molecule has 3 aromatic carbocycles. The molecule has 0 amide bonds. The number of likely N-dealkylation sites (tertiary alicyclic amines) is 1. The summed E-state index contributed by atoms with van der Waals surface area (Å²) in [6.45, 7) is 2.34. The van der Waals surface area contributed by atoms with E-state index >= 15 is 0 Å². The van der Waals surface area contributed by atoms with Crippen LogP contribution in [0.15, 0.2) is 72.8 Å². The molecule has 2 nitrogen and oxygen atoms in total. The van der Waals surface area contributed by atoms with E-state index in [-0.39, 0.29) is 0 Å². The van der Waals surface area contributed by atoms with Gasteiger partial charge in [0, 0.05) is 18.0 Å². The highest BCUT2D eigenvalue weighted by atomic mass is 16.3. The lowest BCUT2D eigenvalue weighted by atomic mass is 9.52. The van der Waals surface area contributed by atoms with Crippen molar-refractivity contribution in [2.75, 3.05) is 13.1 Å². The molecule has 3 atom stereocenters. The van der Waals surface area contributed by atoms with Crippen molar-refractivity contribution in [1.29, 1.82) is 0 Å². The van der Waals surface area contributed by atoms with E-state index in [1.54, 1.807) is 0 Å².